The Balaban J connectivity index is 2.52. The molecular weight excluding hydrogens is 114 g/mol. The first-order valence-corrected chi connectivity index (χ1v) is 3.46. The summed E-state index contributed by atoms with van der Waals surface area (Å²) in [6.45, 7) is 1.77. The lowest BCUT2D eigenvalue weighted by molar-refractivity contribution is 0.0708. The molecule has 3 N–H and O–H groups in total. The highest BCUT2D eigenvalue weighted by molar-refractivity contribution is 4.78. The van der Waals surface area contributed by atoms with Crippen LogP contribution < -0.4 is 5.73 Å². The Morgan fingerprint density at radius 1 is 1.67 bits per heavy atom. The average molecular weight is 130 g/mol. The van der Waals surface area contributed by atoms with E-state index in [9.17, 15) is 5.11 Å². The lowest BCUT2D eigenvalue weighted by Crippen LogP contribution is -2.35. The first kappa shape index (κ1) is 5.69. The van der Waals surface area contributed by atoms with Crippen LogP contribution >= 0.6 is 0 Å². The highest BCUT2D eigenvalue weighted by Gasteiger charge is 2.22. The molecule has 2 heteroatoms. The topological polar surface area (TPSA) is 46.2 Å². The van der Waals surface area contributed by atoms with Crippen LogP contribution in [-0.2, 0) is 0 Å². The van der Waals surface area contributed by atoms with Crippen molar-refractivity contribution in [3.05, 3.63) is 0 Å². The molecule has 2 nitrogen and oxygen atoms in total. The van der Waals surface area contributed by atoms with Gasteiger partial charge in [0.1, 0.15) is 0 Å². The van der Waals surface area contributed by atoms with Crippen molar-refractivity contribution in [2.45, 2.75) is 38.3 Å². The number of nitrogens with two attached hydrogens (primary N) is 1. The third-order valence-electron chi connectivity index (χ3n) is 2.00. The molecular formula is C7H15NO. The van der Waals surface area contributed by atoms with E-state index >= 15 is 0 Å². The zero-order chi connectivity index (χ0) is 7.78. The van der Waals surface area contributed by atoms with Gasteiger partial charge in [-0.2, -0.15) is 0 Å². The van der Waals surface area contributed by atoms with Crippen molar-refractivity contribution in [2.24, 2.45) is 11.6 Å². The van der Waals surface area contributed by atoms with E-state index in [-0.39, 0.29) is 6.04 Å². The lowest BCUT2D eigenvalue weighted by atomic mass is 9.85. The Morgan fingerprint density at radius 3 is 2.78 bits per heavy atom. The van der Waals surface area contributed by atoms with E-state index in [2.05, 4.69) is 0 Å². The summed E-state index contributed by atoms with van der Waals surface area (Å²) in [6, 6.07) is 0.105. The van der Waals surface area contributed by atoms with Crippen LogP contribution in [0.25, 0.3) is 0 Å². The molecule has 0 bridgehead atoms. The van der Waals surface area contributed by atoms with Crippen LogP contribution in [0.2, 0.25) is 0 Å². The summed E-state index contributed by atoms with van der Waals surface area (Å²) in [7, 11) is 0. The largest absolute Gasteiger partial charge is 0.393 e. The second-order valence-electron chi connectivity index (χ2n) is 2.90. The minimum Gasteiger partial charge on any atom is -0.393 e. The predicted molar refractivity (Wildman–Crippen MR) is 37.0 cm³/mol. The second-order valence-corrected chi connectivity index (χ2v) is 2.90. The molecule has 1 aliphatic rings. The first-order chi connectivity index (χ1) is 4.52. The van der Waals surface area contributed by atoms with E-state index in [1.807, 2.05) is 0 Å². The van der Waals surface area contributed by atoms with Gasteiger partial charge in [0.2, 0.25) is 0 Å². The summed E-state index contributed by atoms with van der Waals surface area (Å²) in [5.41, 5.74) is 5.60. The molecule has 1 saturated carbocycles. The highest BCUT2D eigenvalue weighted by atomic mass is 16.3. The first-order valence-electron chi connectivity index (χ1n) is 3.96. The average Bonchev–Trinajstić information content (AvgIpc) is 1.81. The third kappa shape index (κ3) is 1.66. The molecule has 1 fully saturated rings. The van der Waals surface area contributed by atoms with Crippen LogP contribution in [0, 0.1) is 5.89 Å². The van der Waals surface area contributed by atoms with E-state index in [1.165, 1.54) is 0 Å². The summed E-state index contributed by atoms with van der Waals surface area (Å²) in [6.07, 6.45) is 1.64. The van der Waals surface area contributed by atoms with Crippen LogP contribution in [0.3, 0.4) is 0 Å². The number of aliphatic hydroxyl groups excluding tert-OH is 1. The van der Waals surface area contributed by atoms with Gasteiger partial charge in [-0.15, -0.1) is 0 Å². The predicted octanol–water partition coefficient (Wildman–Crippen LogP) is 0.495. The summed E-state index contributed by atoms with van der Waals surface area (Å²) >= 11 is 0. The Bertz CT molecular complexity index is 127. The molecule has 1 rings (SSSR count). The maximum atomic E-state index is 9.34. The van der Waals surface area contributed by atoms with Gasteiger partial charge in [0.25, 0.3) is 0 Å². The molecule has 0 aliphatic heterocycles. The summed E-state index contributed by atoms with van der Waals surface area (Å²) in [5.74, 6) is -0.657. The van der Waals surface area contributed by atoms with Crippen molar-refractivity contribution in [1.29, 1.82) is 0 Å². The van der Waals surface area contributed by atoms with Crippen LogP contribution in [0.4, 0.5) is 0 Å². The molecule has 54 valence electrons. The monoisotopic (exact) mass is 130 g/mol. The van der Waals surface area contributed by atoms with Gasteiger partial charge < -0.3 is 10.8 Å². The molecule has 0 radical (unpaired) electrons. The maximum absolute atomic E-state index is 9.34. The zero-order valence-electron chi connectivity index (χ0n) is 6.80. The Kier molecular flexibility index (Phi) is 1.69. The van der Waals surface area contributed by atoms with Crippen LogP contribution in [0.15, 0.2) is 0 Å². The number of hydrogen-bond acceptors (Lipinski definition) is 2. The van der Waals surface area contributed by atoms with E-state index in [0.717, 1.165) is 12.8 Å². The van der Waals surface area contributed by atoms with E-state index < -0.39 is 12.0 Å². The van der Waals surface area contributed by atoms with Gasteiger partial charge in [0.05, 0.1) is 6.10 Å². The molecule has 1 unspecified atom stereocenters. The van der Waals surface area contributed by atoms with Crippen molar-refractivity contribution < 1.29 is 6.48 Å². The second kappa shape index (κ2) is 2.67. The maximum Gasteiger partial charge on any atom is 0.0580 e. The molecule has 9 heavy (non-hydrogen) atoms. The molecule has 0 saturated heterocycles. The molecule has 0 amide bonds. The normalized spacial score (nSPS) is 54.8. The van der Waals surface area contributed by atoms with Crippen molar-refractivity contribution in [3.8, 4) is 0 Å². The Labute approximate surface area is 57.5 Å². The summed E-state index contributed by atoms with van der Waals surface area (Å²) < 4.78 is 7.62. The fourth-order valence-corrected chi connectivity index (χ4v) is 1.19. The number of hydrogen-bond donors (Lipinski definition) is 2. The van der Waals surface area contributed by atoms with Crippen molar-refractivity contribution in [1.82, 2.24) is 0 Å². The van der Waals surface area contributed by atoms with Crippen LogP contribution in [-0.4, -0.2) is 17.3 Å². The van der Waals surface area contributed by atoms with Gasteiger partial charge in [-0.3, -0.25) is 0 Å². The van der Waals surface area contributed by atoms with Gasteiger partial charge >= 0.3 is 0 Å². The lowest BCUT2D eigenvalue weighted by Gasteiger charge is -2.28. The molecule has 0 aromatic rings. The number of rotatable bonds is 0. The molecule has 0 aromatic heterocycles. The zero-order valence-corrected chi connectivity index (χ0v) is 5.80. The standard InChI is InChI=1S/C7H15NO/c1-5-2-3-6(8)4-7(5)9/h5-7,9H,2-4,8H2,1H3/t5?,6-,7-/m1/s1/i5D. The third-order valence-corrected chi connectivity index (χ3v) is 2.00. The summed E-state index contributed by atoms with van der Waals surface area (Å²) in [4.78, 5) is 0. The summed E-state index contributed by atoms with van der Waals surface area (Å²) in [5, 5.41) is 9.34. The van der Waals surface area contributed by atoms with Gasteiger partial charge in [-0.25, -0.2) is 0 Å². The Hall–Kier alpha value is -0.0800. The van der Waals surface area contributed by atoms with Gasteiger partial charge in [0.15, 0.2) is 0 Å². The van der Waals surface area contributed by atoms with Gasteiger partial charge in [-0.1, -0.05) is 6.92 Å². The van der Waals surface area contributed by atoms with Crippen molar-refractivity contribution >= 4 is 0 Å². The Morgan fingerprint density at radius 2 is 2.33 bits per heavy atom. The fraction of sp³-hybridized carbons (Fsp3) is 1.00. The van der Waals surface area contributed by atoms with Crippen molar-refractivity contribution in [2.75, 3.05) is 0 Å². The van der Waals surface area contributed by atoms with E-state index in [0.29, 0.717) is 6.42 Å². The minimum atomic E-state index is -0.657. The smallest absolute Gasteiger partial charge is 0.0580 e. The van der Waals surface area contributed by atoms with Crippen LogP contribution in [0.5, 0.6) is 0 Å². The van der Waals surface area contributed by atoms with Gasteiger partial charge in [-0.05, 0) is 25.2 Å². The molecule has 1 aliphatic carbocycles. The van der Waals surface area contributed by atoms with Gasteiger partial charge in [0, 0.05) is 7.41 Å². The molecule has 3 atom stereocenters. The fourth-order valence-electron chi connectivity index (χ4n) is 1.19. The minimum absolute atomic E-state index is 0.105. The molecule has 0 spiro atoms. The SMILES string of the molecule is [2H]C1(C)CC[C@@H](N)C[C@H]1O. The number of aliphatic hydroxyl groups is 1. The van der Waals surface area contributed by atoms with Crippen LogP contribution in [0.1, 0.15) is 27.6 Å². The van der Waals surface area contributed by atoms with Crippen molar-refractivity contribution in [3.63, 3.8) is 0 Å². The van der Waals surface area contributed by atoms with E-state index in [1.54, 1.807) is 6.92 Å². The highest BCUT2D eigenvalue weighted by Crippen LogP contribution is 2.22. The molecule has 0 heterocycles. The quantitative estimate of drug-likeness (QED) is 0.501. The molecule has 0 aromatic carbocycles. The van der Waals surface area contributed by atoms with E-state index in [4.69, 9.17) is 7.10 Å².